The van der Waals surface area contributed by atoms with Crippen molar-refractivity contribution in [2.75, 3.05) is 20.7 Å². The van der Waals surface area contributed by atoms with Crippen LogP contribution in [0.4, 0.5) is 4.39 Å². The summed E-state index contributed by atoms with van der Waals surface area (Å²) in [6.45, 7) is 3.36. The van der Waals surface area contributed by atoms with Crippen LogP contribution in [-0.2, 0) is 14.8 Å². The van der Waals surface area contributed by atoms with E-state index < -0.39 is 21.7 Å². The number of halogens is 1. The van der Waals surface area contributed by atoms with Crippen LogP contribution in [0.1, 0.15) is 24.1 Å². The summed E-state index contributed by atoms with van der Waals surface area (Å²) in [7, 11) is -1.04. The van der Waals surface area contributed by atoms with Crippen LogP contribution >= 0.6 is 0 Å². The first-order chi connectivity index (χ1) is 12.6. The molecule has 0 saturated carbocycles. The van der Waals surface area contributed by atoms with Crippen molar-refractivity contribution in [1.29, 1.82) is 0 Å². The molecule has 0 aliphatic rings. The Morgan fingerprint density at radius 2 is 1.85 bits per heavy atom. The van der Waals surface area contributed by atoms with E-state index in [2.05, 4.69) is 5.32 Å². The summed E-state index contributed by atoms with van der Waals surface area (Å²) in [5.41, 5.74) is 1.82. The minimum atomic E-state index is -3.89. The van der Waals surface area contributed by atoms with Gasteiger partial charge in [-0.1, -0.05) is 17.7 Å². The van der Waals surface area contributed by atoms with Gasteiger partial charge in [0.25, 0.3) is 0 Å². The number of hydrogen-bond acceptors (Lipinski definition) is 4. The first kappa shape index (κ1) is 20.9. The molecule has 0 heterocycles. The summed E-state index contributed by atoms with van der Waals surface area (Å²) in [4.78, 5) is 12.3. The van der Waals surface area contributed by atoms with Crippen molar-refractivity contribution in [1.82, 2.24) is 9.62 Å². The molecule has 0 aromatic heterocycles. The molecule has 0 saturated heterocycles. The number of benzene rings is 2. The topological polar surface area (TPSA) is 75.7 Å². The summed E-state index contributed by atoms with van der Waals surface area (Å²) in [6, 6.07) is 9.72. The van der Waals surface area contributed by atoms with E-state index in [1.54, 1.807) is 14.0 Å². The van der Waals surface area contributed by atoms with Crippen LogP contribution in [-0.4, -0.2) is 39.3 Å². The Hall–Kier alpha value is -2.45. The number of carbonyl (C=O) groups excluding carboxylic acids is 1. The third kappa shape index (κ3) is 5.05. The number of rotatable bonds is 7. The third-order valence-corrected chi connectivity index (χ3v) is 5.93. The van der Waals surface area contributed by atoms with Crippen LogP contribution in [0.15, 0.2) is 47.4 Å². The lowest BCUT2D eigenvalue weighted by Crippen LogP contribution is -2.39. The molecular weight excluding hydrogens is 371 g/mol. The highest BCUT2D eigenvalue weighted by molar-refractivity contribution is 7.89. The lowest BCUT2D eigenvalue weighted by atomic mass is 10.0. The number of aryl methyl sites for hydroxylation is 1. The molecule has 0 aliphatic heterocycles. The number of nitrogens with zero attached hydrogens (tertiary/aromatic N) is 1. The molecule has 27 heavy (non-hydrogen) atoms. The van der Waals surface area contributed by atoms with Crippen LogP contribution in [0, 0.1) is 12.7 Å². The van der Waals surface area contributed by atoms with E-state index in [1.165, 1.54) is 19.2 Å². The second-order valence-corrected chi connectivity index (χ2v) is 8.29. The Kier molecular flexibility index (Phi) is 6.56. The fraction of sp³-hybridized carbons (Fsp3) is 0.316. The van der Waals surface area contributed by atoms with E-state index in [-0.39, 0.29) is 17.5 Å². The zero-order chi connectivity index (χ0) is 20.2. The number of methoxy groups -OCH3 is 1. The number of ether oxygens (including phenoxy) is 1. The largest absolute Gasteiger partial charge is 0.496 e. The van der Waals surface area contributed by atoms with Crippen molar-refractivity contribution >= 4 is 15.9 Å². The minimum absolute atomic E-state index is 0.0763. The SMILES string of the molecule is COc1ccc(C)cc1[C@H](C)NC(=O)CN(C)S(=O)(=O)c1ccc(F)cc1. The van der Waals surface area contributed by atoms with Crippen molar-refractivity contribution in [3.63, 3.8) is 0 Å². The zero-order valence-corrected chi connectivity index (χ0v) is 16.5. The van der Waals surface area contributed by atoms with Gasteiger partial charge in [0.2, 0.25) is 15.9 Å². The lowest BCUT2D eigenvalue weighted by Gasteiger charge is -2.21. The summed E-state index contributed by atoms with van der Waals surface area (Å²) < 4.78 is 44.2. The maximum Gasteiger partial charge on any atom is 0.243 e. The highest BCUT2D eigenvalue weighted by Crippen LogP contribution is 2.26. The van der Waals surface area contributed by atoms with E-state index in [0.29, 0.717) is 5.75 Å². The monoisotopic (exact) mass is 394 g/mol. The Bertz CT molecular complexity index is 914. The second-order valence-electron chi connectivity index (χ2n) is 6.25. The number of nitrogens with one attached hydrogen (secondary N) is 1. The molecule has 0 aliphatic carbocycles. The molecule has 0 bridgehead atoms. The van der Waals surface area contributed by atoms with E-state index in [9.17, 15) is 17.6 Å². The van der Waals surface area contributed by atoms with Crippen LogP contribution in [0.5, 0.6) is 5.75 Å². The molecule has 2 aromatic carbocycles. The highest BCUT2D eigenvalue weighted by atomic mass is 32.2. The van der Waals surface area contributed by atoms with Crippen molar-refractivity contribution in [2.24, 2.45) is 0 Å². The Labute approximate surface area is 159 Å². The fourth-order valence-electron chi connectivity index (χ4n) is 2.63. The number of amides is 1. The summed E-state index contributed by atoms with van der Waals surface area (Å²) in [6.07, 6.45) is 0. The lowest BCUT2D eigenvalue weighted by molar-refractivity contribution is -0.121. The molecule has 6 nitrogen and oxygen atoms in total. The van der Waals surface area contributed by atoms with Gasteiger partial charge in [0.15, 0.2) is 0 Å². The smallest absolute Gasteiger partial charge is 0.243 e. The van der Waals surface area contributed by atoms with Crippen molar-refractivity contribution in [3.8, 4) is 5.75 Å². The van der Waals surface area contributed by atoms with Gasteiger partial charge < -0.3 is 10.1 Å². The normalized spacial score (nSPS) is 12.7. The molecule has 1 amide bonds. The molecule has 0 unspecified atom stereocenters. The maximum absolute atomic E-state index is 13.0. The van der Waals surface area contributed by atoms with E-state index >= 15 is 0 Å². The summed E-state index contributed by atoms with van der Waals surface area (Å²) >= 11 is 0. The fourth-order valence-corrected chi connectivity index (χ4v) is 3.76. The minimum Gasteiger partial charge on any atom is -0.496 e. The zero-order valence-electron chi connectivity index (χ0n) is 15.7. The standard InChI is InChI=1S/C19H23FN2O4S/c1-13-5-10-18(26-4)17(11-13)14(2)21-19(23)12-22(3)27(24,25)16-8-6-15(20)7-9-16/h5-11,14H,12H2,1-4H3,(H,21,23)/t14-/m0/s1. The Morgan fingerprint density at radius 3 is 2.44 bits per heavy atom. The first-order valence-corrected chi connectivity index (χ1v) is 9.75. The molecule has 2 rings (SSSR count). The molecule has 2 aromatic rings. The van der Waals surface area contributed by atoms with Gasteiger partial charge in [0.05, 0.1) is 24.6 Å². The van der Waals surface area contributed by atoms with Crippen LogP contribution in [0.2, 0.25) is 0 Å². The molecule has 1 atom stereocenters. The third-order valence-electron chi connectivity index (χ3n) is 4.12. The van der Waals surface area contributed by atoms with Crippen molar-refractivity contribution in [2.45, 2.75) is 24.8 Å². The Balaban J connectivity index is 2.08. The van der Waals surface area contributed by atoms with Gasteiger partial charge in [-0.2, -0.15) is 4.31 Å². The summed E-state index contributed by atoms with van der Waals surface area (Å²) in [5.74, 6) is -0.352. The van der Waals surface area contributed by atoms with Gasteiger partial charge in [0, 0.05) is 12.6 Å². The summed E-state index contributed by atoms with van der Waals surface area (Å²) in [5, 5.41) is 2.78. The van der Waals surface area contributed by atoms with Crippen LogP contribution in [0.3, 0.4) is 0 Å². The molecule has 0 radical (unpaired) electrons. The average molecular weight is 394 g/mol. The number of sulfonamides is 1. The maximum atomic E-state index is 13.0. The van der Waals surface area contributed by atoms with E-state index in [0.717, 1.165) is 27.6 Å². The van der Waals surface area contributed by atoms with Gasteiger partial charge in [0.1, 0.15) is 11.6 Å². The van der Waals surface area contributed by atoms with Gasteiger partial charge in [-0.15, -0.1) is 0 Å². The van der Waals surface area contributed by atoms with Crippen LogP contribution < -0.4 is 10.1 Å². The molecular formula is C19H23FN2O4S. The second kappa shape index (κ2) is 8.49. The molecule has 1 N–H and O–H groups in total. The van der Waals surface area contributed by atoms with Crippen molar-refractivity contribution in [3.05, 3.63) is 59.4 Å². The molecule has 0 fully saturated rings. The van der Waals surface area contributed by atoms with Gasteiger partial charge in [-0.05, 0) is 44.2 Å². The number of carbonyl (C=O) groups is 1. The number of hydrogen-bond donors (Lipinski definition) is 1. The molecule has 8 heteroatoms. The van der Waals surface area contributed by atoms with Crippen LogP contribution in [0.25, 0.3) is 0 Å². The molecule has 0 spiro atoms. The molecule has 146 valence electrons. The van der Waals surface area contributed by atoms with Gasteiger partial charge in [-0.3, -0.25) is 4.79 Å². The average Bonchev–Trinajstić information content (AvgIpc) is 2.61. The first-order valence-electron chi connectivity index (χ1n) is 8.31. The van der Waals surface area contributed by atoms with Crippen molar-refractivity contribution < 1.29 is 22.3 Å². The van der Waals surface area contributed by atoms with Gasteiger partial charge in [-0.25, -0.2) is 12.8 Å². The predicted molar refractivity (Wildman–Crippen MR) is 101 cm³/mol. The quantitative estimate of drug-likeness (QED) is 0.783. The van der Waals surface area contributed by atoms with E-state index in [1.807, 2.05) is 25.1 Å². The Morgan fingerprint density at radius 1 is 1.22 bits per heavy atom. The van der Waals surface area contributed by atoms with E-state index in [4.69, 9.17) is 4.74 Å². The van der Waals surface area contributed by atoms with Gasteiger partial charge >= 0.3 is 0 Å². The predicted octanol–water partition coefficient (Wildman–Crippen LogP) is 2.64. The number of likely N-dealkylation sites (N-methyl/N-ethyl adjacent to an activating group) is 1. The highest BCUT2D eigenvalue weighted by Gasteiger charge is 2.24.